The molecule has 134 valence electrons. The molecular formula is C18H28N2O4. The maximum Gasteiger partial charge on any atom is 0.266 e. The van der Waals surface area contributed by atoms with E-state index >= 15 is 0 Å². The highest BCUT2D eigenvalue weighted by atomic mass is 16.5. The molecule has 6 heteroatoms. The molecule has 2 rings (SSSR count). The molecule has 1 aliphatic heterocycles. The van der Waals surface area contributed by atoms with Crippen molar-refractivity contribution in [1.29, 1.82) is 0 Å². The zero-order chi connectivity index (χ0) is 18.0. The number of hydrogen-bond donors (Lipinski definition) is 1. The number of likely N-dealkylation sites (N-methyl/N-ethyl adjacent to an activating group) is 1. The lowest BCUT2D eigenvalue weighted by atomic mass is 10.0. The van der Waals surface area contributed by atoms with Crippen molar-refractivity contribution in [2.45, 2.75) is 31.5 Å². The van der Waals surface area contributed by atoms with Crippen molar-refractivity contribution in [3.8, 4) is 11.5 Å². The Morgan fingerprint density at radius 1 is 1.33 bits per heavy atom. The van der Waals surface area contributed by atoms with E-state index in [4.69, 9.17) is 9.47 Å². The first-order valence-electron chi connectivity index (χ1n) is 8.15. The molecule has 0 aromatic heterocycles. The number of carbonyl (C=O) groups is 1. The van der Waals surface area contributed by atoms with Crippen LogP contribution in [0.5, 0.6) is 11.5 Å². The summed E-state index contributed by atoms with van der Waals surface area (Å²) in [7, 11) is 5.40. The van der Waals surface area contributed by atoms with Crippen molar-refractivity contribution in [3.63, 3.8) is 0 Å². The number of ether oxygens (including phenoxy) is 2. The van der Waals surface area contributed by atoms with Gasteiger partial charge in [-0.2, -0.15) is 0 Å². The second-order valence-electron chi connectivity index (χ2n) is 7.20. The predicted molar refractivity (Wildman–Crippen MR) is 92.4 cm³/mol. The highest BCUT2D eigenvalue weighted by Crippen LogP contribution is 2.31. The van der Waals surface area contributed by atoms with Crippen molar-refractivity contribution in [2.24, 2.45) is 0 Å². The van der Waals surface area contributed by atoms with Crippen LogP contribution in [-0.2, 0) is 4.79 Å². The normalized spacial score (nSPS) is 21.2. The molecule has 1 aromatic carbocycles. The summed E-state index contributed by atoms with van der Waals surface area (Å²) in [5.74, 6) is 0.980. The monoisotopic (exact) mass is 336 g/mol. The highest BCUT2D eigenvalue weighted by molar-refractivity contribution is 5.85. The first-order valence-corrected chi connectivity index (χ1v) is 8.15. The fourth-order valence-electron chi connectivity index (χ4n) is 3.15. The van der Waals surface area contributed by atoms with E-state index in [0.717, 1.165) is 0 Å². The third-order valence-corrected chi connectivity index (χ3v) is 4.18. The Hall–Kier alpha value is -1.79. The van der Waals surface area contributed by atoms with Crippen molar-refractivity contribution >= 4 is 5.91 Å². The number of likely N-dealkylation sites (tertiary alicyclic amines) is 1. The Bertz CT molecular complexity index is 588. The van der Waals surface area contributed by atoms with Crippen LogP contribution in [0, 0.1) is 0 Å². The maximum absolute atomic E-state index is 12.9. The van der Waals surface area contributed by atoms with E-state index in [1.165, 1.54) is 0 Å². The Kier molecular flexibility index (Phi) is 5.40. The quantitative estimate of drug-likeness (QED) is 0.850. The number of nitrogens with zero attached hydrogens (tertiary/aromatic N) is 2. The van der Waals surface area contributed by atoms with Gasteiger partial charge in [0, 0.05) is 13.1 Å². The molecule has 0 aliphatic carbocycles. The molecule has 1 amide bonds. The molecule has 24 heavy (non-hydrogen) atoms. The van der Waals surface area contributed by atoms with Gasteiger partial charge in [-0.1, -0.05) is 12.1 Å². The zero-order valence-electron chi connectivity index (χ0n) is 15.2. The van der Waals surface area contributed by atoms with Gasteiger partial charge in [-0.15, -0.1) is 0 Å². The summed E-state index contributed by atoms with van der Waals surface area (Å²) in [6.45, 7) is 4.87. The number of amides is 1. The number of benzene rings is 1. The van der Waals surface area contributed by atoms with Crippen LogP contribution in [0.15, 0.2) is 24.3 Å². The standard InChI is InChI=1S/C18H28N2O4/c1-17(2,24-15-9-7-6-8-14(15)23-5)16(21)20-11-10-18(22,13-20)12-19(3)4/h6-9,22H,10-13H2,1-5H3/t18-/m0/s1. The summed E-state index contributed by atoms with van der Waals surface area (Å²) in [5, 5.41) is 10.6. The van der Waals surface area contributed by atoms with E-state index in [0.29, 0.717) is 37.6 Å². The van der Waals surface area contributed by atoms with Crippen LogP contribution in [0.3, 0.4) is 0 Å². The average molecular weight is 336 g/mol. The summed E-state index contributed by atoms with van der Waals surface area (Å²) in [6, 6.07) is 7.26. The van der Waals surface area contributed by atoms with Crippen molar-refractivity contribution < 1.29 is 19.4 Å². The molecule has 0 spiro atoms. The minimum absolute atomic E-state index is 0.136. The number of para-hydroxylation sites is 2. The minimum Gasteiger partial charge on any atom is -0.493 e. The number of methoxy groups -OCH3 is 1. The molecule has 1 aliphatic rings. The summed E-state index contributed by atoms with van der Waals surface area (Å²) in [5.41, 5.74) is -1.91. The van der Waals surface area contributed by atoms with E-state index in [1.54, 1.807) is 38.0 Å². The number of carbonyl (C=O) groups excluding carboxylic acids is 1. The van der Waals surface area contributed by atoms with Gasteiger partial charge in [0.15, 0.2) is 17.1 Å². The van der Waals surface area contributed by atoms with Gasteiger partial charge >= 0.3 is 0 Å². The van der Waals surface area contributed by atoms with E-state index < -0.39 is 11.2 Å². The Morgan fingerprint density at radius 3 is 2.54 bits per heavy atom. The van der Waals surface area contributed by atoms with E-state index in [2.05, 4.69) is 0 Å². The third kappa shape index (κ3) is 4.19. The van der Waals surface area contributed by atoms with Gasteiger partial charge < -0.3 is 24.4 Å². The second-order valence-corrected chi connectivity index (χ2v) is 7.20. The fourth-order valence-corrected chi connectivity index (χ4v) is 3.15. The lowest BCUT2D eigenvalue weighted by molar-refractivity contribution is -0.145. The number of aliphatic hydroxyl groups is 1. The van der Waals surface area contributed by atoms with E-state index in [-0.39, 0.29) is 5.91 Å². The number of rotatable bonds is 6. The number of β-amino-alcohol motifs (C(OH)–C–C–N with tert-alkyl or cyclic N) is 1. The molecule has 1 atom stereocenters. The third-order valence-electron chi connectivity index (χ3n) is 4.18. The molecule has 0 unspecified atom stereocenters. The predicted octanol–water partition coefficient (Wildman–Crippen LogP) is 1.38. The minimum atomic E-state index is -1.04. The molecule has 1 aromatic rings. The van der Waals surface area contributed by atoms with Gasteiger partial charge in [-0.3, -0.25) is 4.79 Å². The summed E-state index contributed by atoms with van der Waals surface area (Å²) < 4.78 is 11.2. The summed E-state index contributed by atoms with van der Waals surface area (Å²) in [6.07, 6.45) is 0.571. The maximum atomic E-state index is 12.9. The van der Waals surface area contributed by atoms with Gasteiger partial charge in [0.1, 0.15) is 0 Å². The van der Waals surface area contributed by atoms with Crippen LogP contribution < -0.4 is 9.47 Å². The Morgan fingerprint density at radius 2 is 1.96 bits per heavy atom. The first-order chi connectivity index (χ1) is 11.2. The van der Waals surface area contributed by atoms with Gasteiger partial charge in [0.05, 0.1) is 19.3 Å². The topological polar surface area (TPSA) is 62.2 Å². The lowest BCUT2D eigenvalue weighted by Gasteiger charge is -2.32. The molecule has 1 fully saturated rings. The molecule has 0 bridgehead atoms. The van der Waals surface area contributed by atoms with Crippen molar-refractivity contribution in [3.05, 3.63) is 24.3 Å². The smallest absolute Gasteiger partial charge is 0.266 e. The van der Waals surface area contributed by atoms with Crippen LogP contribution in [0.2, 0.25) is 0 Å². The molecule has 1 heterocycles. The van der Waals surface area contributed by atoms with Crippen LogP contribution in [-0.4, -0.2) is 72.9 Å². The van der Waals surface area contributed by atoms with Crippen LogP contribution in [0.1, 0.15) is 20.3 Å². The van der Waals surface area contributed by atoms with Gasteiger partial charge in [-0.25, -0.2) is 0 Å². The zero-order valence-corrected chi connectivity index (χ0v) is 15.2. The molecular weight excluding hydrogens is 308 g/mol. The average Bonchev–Trinajstić information content (AvgIpc) is 2.87. The lowest BCUT2D eigenvalue weighted by Crippen LogP contribution is -2.50. The molecule has 1 saturated heterocycles. The van der Waals surface area contributed by atoms with Gasteiger partial charge in [0.2, 0.25) is 0 Å². The molecule has 1 N–H and O–H groups in total. The van der Waals surface area contributed by atoms with Gasteiger partial charge in [0.25, 0.3) is 5.91 Å². The number of hydrogen-bond acceptors (Lipinski definition) is 5. The largest absolute Gasteiger partial charge is 0.493 e. The van der Waals surface area contributed by atoms with Crippen LogP contribution in [0.25, 0.3) is 0 Å². The second kappa shape index (κ2) is 6.99. The van der Waals surface area contributed by atoms with Crippen molar-refractivity contribution in [1.82, 2.24) is 9.80 Å². The highest BCUT2D eigenvalue weighted by Gasteiger charge is 2.43. The van der Waals surface area contributed by atoms with E-state index in [1.807, 2.05) is 31.1 Å². The summed E-state index contributed by atoms with van der Waals surface area (Å²) >= 11 is 0. The first kappa shape index (κ1) is 18.5. The van der Waals surface area contributed by atoms with Crippen molar-refractivity contribution in [2.75, 3.05) is 40.8 Å². The summed E-state index contributed by atoms with van der Waals surface area (Å²) in [4.78, 5) is 16.5. The molecule has 0 radical (unpaired) electrons. The van der Waals surface area contributed by atoms with Gasteiger partial charge in [-0.05, 0) is 46.5 Å². The van der Waals surface area contributed by atoms with Crippen LogP contribution >= 0.6 is 0 Å². The fraction of sp³-hybridized carbons (Fsp3) is 0.611. The van der Waals surface area contributed by atoms with Crippen LogP contribution in [0.4, 0.5) is 0 Å². The Labute approximate surface area is 144 Å². The van der Waals surface area contributed by atoms with E-state index in [9.17, 15) is 9.90 Å². The molecule has 6 nitrogen and oxygen atoms in total. The molecule has 0 saturated carbocycles. The SMILES string of the molecule is COc1ccccc1OC(C)(C)C(=O)N1CC[C@](O)(CN(C)C)C1. The Balaban J connectivity index is 2.08.